The second kappa shape index (κ2) is 6.84. The Morgan fingerprint density at radius 1 is 1.08 bits per heavy atom. The molecule has 0 radical (unpaired) electrons. The Kier molecular flexibility index (Phi) is 4.39. The zero-order chi connectivity index (χ0) is 18.1. The highest BCUT2D eigenvalue weighted by molar-refractivity contribution is 5.84. The fourth-order valence-corrected chi connectivity index (χ4v) is 3.90. The number of hydrogen-bond acceptors (Lipinski definition) is 3. The largest absolute Gasteiger partial charge is 0.508 e. The molecule has 1 aromatic heterocycles. The Labute approximate surface area is 152 Å². The maximum Gasteiger partial charge on any atom is 0.219 e. The number of phenolic OH excluding ortho intramolecular Hbond substituents is 1. The molecular weight excluding hydrogens is 326 g/mol. The molecule has 0 bridgehead atoms. The van der Waals surface area contributed by atoms with Crippen LogP contribution in [0, 0.1) is 0 Å². The number of rotatable bonds is 3. The van der Waals surface area contributed by atoms with Gasteiger partial charge in [-0.1, -0.05) is 30.3 Å². The van der Waals surface area contributed by atoms with Crippen LogP contribution in [-0.2, 0) is 4.79 Å². The summed E-state index contributed by atoms with van der Waals surface area (Å²) >= 11 is 0. The van der Waals surface area contributed by atoms with Crippen molar-refractivity contribution in [3.8, 4) is 5.75 Å². The van der Waals surface area contributed by atoms with Gasteiger partial charge in [-0.05, 0) is 29.3 Å². The zero-order valence-corrected chi connectivity index (χ0v) is 14.9. The third-order valence-electron chi connectivity index (χ3n) is 5.23. The van der Waals surface area contributed by atoms with Crippen molar-refractivity contribution >= 4 is 16.8 Å². The molecule has 1 unspecified atom stereocenters. The number of aromatic amines is 1. The van der Waals surface area contributed by atoms with E-state index in [2.05, 4.69) is 34.3 Å². The van der Waals surface area contributed by atoms with Gasteiger partial charge in [0.2, 0.25) is 5.91 Å². The third-order valence-corrected chi connectivity index (χ3v) is 5.23. The van der Waals surface area contributed by atoms with Gasteiger partial charge in [-0.3, -0.25) is 9.69 Å². The van der Waals surface area contributed by atoms with E-state index in [0.29, 0.717) is 0 Å². The molecule has 1 aliphatic rings. The minimum absolute atomic E-state index is 0.0346. The van der Waals surface area contributed by atoms with Crippen LogP contribution < -0.4 is 0 Å². The van der Waals surface area contributed by atoms with E-state index in [1.54, 1.807) is 13.0 Å². The SMILES string of the molecule is CC(=O)N1CCN(C(c2cccc(O)c2)c2c[nH]c3ccccc23)CC1. The first-order valence-electron chi connectivity index (χ1n) is 8.98. The highest BCUT2D eigenvalue weighted by Crippen LogP contribution is 2.35. The van der Waals surface area contributed by atoms with Crippen molar-refractivity contribution in [3.05, 3.63) is 65.9 Å². The minimum Gasteiger partial charge on any atom is -0.508 e. The molecule has 1 aliphatic heterocycles. The summed E-state index contributed by atoms with van der Waals surface area (Å²) in [6.45, 7) is 4.70. The first-order valence-corrected chi connectivity index (χ1v) is 8.98. The smallest absolute Gasteiger partial charge is 0.219 e. The highest BCUT2D eigenvalue weighted by atomic mass is 16.3. The molecule has 26 heavy (non-hydrogen) atoms. The van der Waals surface area contributed by atoms with Gasteiger partial charge in [0.25, 0.3) is 0 Å². The number of aromatic hydroxyl groups is 1. The molecule has 3 aromatic rings. The number of nitrogens with one attached hydrogen (secondary N) is 1. The van der Waals surface area contributed by atoms with Gasteiger partial charge < -0.3 is 15.0 Å². The van der Waals surface area contributed by atoms with E-state index >= 15 is 0 Å². The summed E-state index contributed by atoms with van der Waals surface area (Å²) in [6.07, 6.45) is 2.07. The number of carbonyl (C=O) groups excluding carboxylic acids is 1. The molecule has 5 nitrogen and oxygen atoms in total. The summed E-state index contributed by atoms with van der Waals surface area (Å²) in [4.78, 5) is 19.3. The average molecular weight is 349 g/mol. The number of carbonyl (C=O) groups is 1. The van der Waals surface area contributed by atoms with Gasteiger partial charge in [-0.25, -0.2) is 0 Å². The summed E-state index contributed by atoms with van der Waals surface area (Å²) in [5.74, 6) is 0.403. The van der Waals surface area contributed by atoms with Crippen molar-refractivity contribution in [2.75, 3.05) is 26.2 Å². The molecule has 1 amide bonds. The number of H-pyrrole nitrogens is 1. The predicted molar refractivity (Wildman–Crippen MR) is 102 cm³/mol. The van der Waals surface area contributed by atoms with E-state index in [1.165, 1.54) is 10.9 Å². The molecule has 2 N–H and O–H groups in total. The number of phenols is 1. The van der Waals surface area contributed by atoms with Crippen LogP contribution in [-0.4, -0.2) is 52.0 Å². The van der Waals surface area contributed by atoms with Crippen molar-refractivity contribution in [3.63, 3.8) is 0 Å². The quantitative estimate of drug-likeness (QED) is 0.764. The molecule has 0 spiro atoms. The van der Waals surface area contributed by atoms with Crippen molar-refractivity contribution in [1.82, 2.24) is 14.8 Å². The number of fused-ring (bicyclic) bond motifs is 1. The number of nitrogens with zero attached hydrogens (tertiary/aromatic N) is 2. The third kappa shape index (κ3) is 3.06. The molecule has 134 valence electrons. The van der Waals surface area contributed by atoms with Gasteiger partial charge in [0.05, 0.1) is 6.04 Å². The zero-order valence-electron chi connectivity index (χ0n) is 14.9. The van der Waals surface area contributed by atoms with Crippen LogP contribution in [0.25, 0.3) is 10.9 Å². The van der Waals surface area contributed by atoms with Crippen LogP contribution in [0.4, 0.5) is 0 Å². The van der Waals surface area contributed by atoms with Crippen LogP contribution in [0.2, 0.25) is 0 Å². The summed E-state index contributed by atoms with van der Waals surface area (Å²) in [7, 11) is 0. The standard InChI is InChI=1S/C21H23N3O2/c1-15(25)23-9-11-24(12-10-23)21(16-5-4-6-17(26)13-16)19-14-22-20-8-3-2-7-18(19)20/h2-8,13-14,21-22,26H,9-12H2,1H3. The van der Waals surface area contributed by atoms with Crippen molar-refractivity contribution in [2.45, 2.75) is 13.0 Å². The lowest BCUT2D eigenvalue weighted by atomic mass is 9.95. The van der Waals surface area contributed by atoms with E-state index in [-0.39, 0.29) is 17.7 Å². The molecule has 2 aromatic carbocycles. The topological polar surface area (TPSA) is 59.6 Å². The molecule has 0 aliphatic carbocycles. The predicted octanol–water partition coefficient (Wildman–Crippen LogP) is 3.13. The summed E-state index contributed by atoms with van der Waals surface area (Å²) in [5, 5.41) is 11.2. The Hall–Kier alpha value is -2.79. The Bertz CT molecular complexity index is 926. The van der Waals surface area contributed by atoms with Crippen LogP contribution in [0.15, 0.2) is 54.7 Å². The van der Waals surface area contributed by atoms with E-state index in [1.807, 2.05) is 29.2 Å². The number of piperazine rings is 1. The highest BCUT2D eigenvalue weighted by Gasteiger charge is 2.29. The van der Waals surface area contributed by atoms with Crippen molar-refractivity contribution < 1.29 is 9.90 Å². The normalized spacial score (nSPS) is 16.7. The first kappa shape index (κ1) is 16.7. The summed E-state index contributed by atoms with van der Waals surface area (Å²) < 4.78 is 0. The molecule has 4 rings (SSSR count). The number of benzene rings is 2. The second-order valence-corrected chi connectivity index (χ2v) is 6.83. The molecule has 1 fully saturated rings. The van der Waals surface area contributed by atoms with Crippen molar-refractivity contribution in [2.24, 2.45) is 0 Å². The number of aromatic nitrogens is 1. The van der Waals surface area contributed by atoms with Gasteiger partial charge in [0.1, 0.15) is 5.75 Å². The maximum absolute atomic E-state index is 11.7. The van der Waals surface area contributed by atoms with E-state index in [9.17, 15) is 9.90 Å². The lowest BCUT2D eigenvalue weighted by molar-refractivity contribution is -0.130. The average Bonchev–Trinajstić information content (AvgIpc) is 3.07. The fraction of sp³-hybridized carbons (Fsp3) is 0.286. The van der Waals surface area contributed by atoms with Gasteiger partial charge in [0, 0.05) is 50.2 Å². The molecule has 2 heterocycles. The Morgan fingerprint density at radius 3 is 2.58 bits per heavy atom. The molecule has 1 atom stereocenters. The van der Waals surface area contributed by atoms with E-state index in [4.69, 9.17) is 0 Å². The van der Waals surface area contributed by atoms with Gasteiger partial charge in [-0.15, -0.1) is 0 Å². The lowest BCUT2D eigenvalue weighted by Crippen LogP contribution is -2.49. The van der Waals surface area contributed by atoms with Crippen LogP contribution in [0.3, 0.4) is 0 Å². The van der Waals surface area contributed by atoms with Gasteiger partial charge in [-0.2, -0.15) is 0 Å². The number of para-hydroxylation sites is 1. The van der Waals surface area contributed by atoms with Crippen molar-refractivity contribution in [1.29, 1.82) is 0 Å². The van der Waals surface area contributed by atoms with Gasteiger partial charge in [0.15, 0.2) is 0 Å². The summed E-state index contributed by atoms with van der Waals surface area (Å²) in [6, 6.07) is 15.8. The van der Waals surface area contributed by atoms with Gasteiger partial charge >= 0.3 is 0 Å². The summed E-state index contributed by atoms with van der Waals surface area (Å²) in [5.41, 5.74) is 3.36. The molecule has 5 heteroatoms. The van der Waals surface area contributed by atoms with Crippen LogP contribution in [0.1, 0.15) is 24.1 Å². The fourth-order valence-electron chi connectivity index (χ4n) is 3.90. The first-order chi connectivity index (χ1) is 12.6. The maximum atomic E-state index is 11.7. The van der Waals surface area contributed by atoms with Crippen LogP contribution >= 0.6 is 0 Å². The van der Waals surface area contributed by atoms with E-state index < -0.39 is 0 Å². The molecule has 1 saturated heterocycles. The lowest BCUT2D eigenvalue weighted by Gasteiger charge is -2.39. The van der Waals surface area contributed by atoms with Crippen LogP contribution in [0.5, 0.6) is 5.75 Å². The monoisotopic (exact) mass is 349 g/mol. The molecule has 0 saturated carbocycles. The number of hydrogen-bond donors (Lipinski definition) is 2. The molecular formula is C21H23N3O2. The Morgan fingerprint density at radius 2 is 1.85 bits per heavy atom. The minimum atomic E-state index is 0.0346. The van der Waals surface area contributed by atoms with E-state index in [0.717, 1.165) is 37.3 Å². The Balaban J connectivity index is 1.74. The second-order valence-electron chi connectivity index (χ2n) is 6.83. The number of amides is 1.